The smallest absolute Gasteiger partial charge is 0.0361 e. The zero-order valence-corrected chi connectivity index (χ0v) is 6.83. The van der Waals surface area contributed by atoms with Gasteiger partial charge in [0.1, 0.15) is 0 Å². The van der Waals surface area contributed by atoms with Crippen LogP contribution in [0.3, 0.4) is 0 Å². The zero-order chi connectivity index (χ0) is 5.28. The fraction of sp³-hybridized carbons (Fsp3) is 0.600. The first-order valence-electron chi connectivity index (χ1n) is 2.42. The lowest BCUT2D eigenvalue weighted by atomic mass is 10.3. The molecule has 8 heavy (non-hydrogen) atoms. The summed E-state index contributed by atoms with van der Waals surface area (Å²) in [6.45, 7) is 0. The first kappa shape index (κ1) is 8.47. The molecule has 0 saturated carbocycles. The molecular formula is C5H9BrClN. The minimum Gasteiger partial charge on any atom is -0.324 e. The van der Waals surface area contributed by atoms with Crippen molar-refractivity contribution in [3.05, 3.63) is 10.6 Å². The lowest BCUT2D eigenvalue weighted by Gasteiger charge is -1.97. The summed E-state index contributed by atoms with van der Waals surface area (Å²) in [5, 5.41) is 0. The quantitative estimate of drug-likeness (QED) is 0.631. The summed E-state index contributed by atoms with van der Waals surface area (Å²) < 4.78 is 1.17. The third-order valence-electron chi connectivity index (χ3n) is 1.17. The van der Waals surface area contributed by atoms with Crippen molar-refractivity contribution in [3.8, 4) is 0 Å². The van der Waals surface area contributed by atoms with E-state index in [4.69, 9.17) is 5.73 Å². The first-order valence-corrected chi connectivity index (χ1v) is 3.21. The average molecular weight is 198 g/mol. The van der Waals surface area contributed by atoms with Crippen LogP contribution in [0.15, 0.2) is 10.6 Å². The van der Waals surface area contributed by atoms with Crippen LogP contribution in [0.5, 0.6) is 0 Å². The molecule has 48 valence electrons. The van der Waals surface area contributed by atoms with Gasteiger partial charge in [0.25, 0.3) is 0 Å². The summed E-state index contributed by atoms with van der Waals surface area (Å²) in [6, 6.07) is 0.292. The van der Waals surface area contributed by atoms with E-state index < -0.39 is 0 Å². The van der Waals surface area contributed by atoms with Crippen molar-refractivity contribution >= 4 is 28.3 Å². The Balaban J connectivity index is 0.000000490. The van der Waals surface area contributed by atoms with Crippen molar-refractivity contribution < 1.29 is 0 Å². The molecule has 0 fully saturated rings. The highest BCUT2D eigenvalue weighted by atomic mass is 79.9. The molecule has 0 aliphatic heterocycles. The Hall–Kier alpha value is 0.470. The van der Waals surface area contributed by atoms with Crippen LogP contribution in [-0.4, -0.2) is 6.04 Å². The maximum absolute atomic E-state index is 5.56. The van der Waals surface area contributed by atoms with Crippen molar-refractivity contribution in [3.63, 3.8) is 0 Å². The maximum atomic E-state index is 5.56. The molecule has 0 aromatic heterocycles. The van der Waals surface area contributed by atoms with Crippen molar-refractivity contribution in [2.45, 2.75) is 18.9 Å². The second-order valence-corrected chi connectivity index (χ2v) is 2.69. The second-order valence-electron chi connectivity index (χ2n) is 1.77. The molecule has 0 amide bonds. The van der Waals surface area contributed by atoms with Gasteiger partial charge in [-0.15, -0.1) is 12.4 Å². The zero-order valence-electron chi connectivity index (χ0n) is 4.43. The molecule has 0 saturated heterocycles. The summed E-state index contributed by atoms with van der Waals surface area (Å²) in [5.41, 5.74) is 5.56. The van der Waals surface area contributed by atoms with Gasteiger partial charge in [-0.3, -0.25) is 0 Å². The maximum Gasteiger partial charge on any atom is 0.0361 e. The SMILES string of the molecule is Cl.NC1CCC=C1Br. The molecule has 3 heteroatoms. The fourth-order valence-corrected chi connectivity index (χ4v) is 1.15. The fourth-order valence-electron chi connectivity index (χ4n) is 0.690. The Labute approximate surface area is 63.9 Å². The molecule has 0 bridgehead atoms. The summed E-state index contributed by atoms with van der Waals surface area (Å²) in [4.78, 5) is 0. The van der Waals surface area contributed by atoms with E-state index in [9.17, 15) is 0 Å². The van der Waals surface area contributed by atoms with Crippen molar-refractivity contribution in [2.24, 2.45) is 5.73 Å². The highest BCUT2D eigenvalue weighted by molar-refractivity contribution is 9.11. The Bertz CT molecular complexity index is 103. The molecule has 0 aromatic carbocycles. The molecule has 1 unspecified atom stereocenters. The van der Waals surface area contributed by atoms with E-state index in [-0.39, 0.29) is 12.4 Å². The molecular weight excluding hydrogens is 189 g/mol. The van der Waals surface area contributed by atoms with E-state index in [2.05, 4.69) is 22.0 Å². The Morgan fingerprint density at radius 3 is 2.50 bits per heavy atom. The van der Waals surface area contributed by atoms with Crippen molar-refractivity contribution in [2.75, 3.05) is 0 Å². The van der Waals surface area contributed by atoms with Gasteiger partial charge in [-0.1, -0.05) is 22.0 Å². The molecule has 1 aliphatic rings. The van der Waals surface area contributed by atoms with Gasteiger partial charge in [0.2, 0.25) is 0 Å². The van der Waals surface area contributed by atoms with E-state index in [1.165, 1.54) is 4.48 Å². The monoisotopic (exact) mass is 197 g/mol. The Kier molecular flexibility index (Phi) is 3.69. The molecule has 1 atom stereocenters. The largest absolute Gasteiger partial charge is 0.324 e. The predicted octanol–water partition coefficient (Wildman–Crippen LogP) is 1.81. The number of halogens is 2. The van der Waals surface area contributed by atoms with E-state index in [0.717, 1.165) is 12.8 Å². The minimum atomic E-state index is 0. The first-order chi connectivity index (χ1) is 3.30. The molecule has 1 nitrogen and oxygen atoms in total. The third-order valence-corrected chi connectivity index (χ3v) is 2.08. The number of hydrogen-bond acceptors (Lipinski definition) is 1. The number of hydrogen-bond donors (Lipinski definition) is 1. The van der Waals surface area contributed by atoms with Gasteiger partial charge in [0, 0.05) is 10.5 Å². The van der Waals surface area contributed by atoms with E-state index in [1.807, 2.05) is 0 Å². The van der Waals surface area contributed by atoms with Crippen molar-refractivity contribution in [1.29, 1.82) is 0 Å². The predicted molar refractivity (Wildman–Crippen MR) is 41.5 cm³/mol. The van der Waals surface area contributed by atoms with Gasteiger partial charge < -0.3 is 5.73 Å². The summed E-state index contributed by atoms with van der Waals surface area (Å²) in [5.74, 6) is 0. The molecule has 0 aromatic rings. The van der Waals surface area contributed by atoms with Crippen LogP contribution < -0.4 is 5.73 Å². The van der Waals surface area contributed by atoms with Crippen molar-refractivity contribution in [1.82, 2.24) is 0 Å². The number of rotatable bonds is 0. The average Bonchev–Trinajstić information content (AvgIpc) is 1.91. The van der Waals surface area contributed by atoms with Crippen LogP contribution >= 0.6 is 28.3 Å². The van der Waals surface area contributed by atoms with Crippen LogP contribution in [-0.2, 0) is 0 Å². The standard InChI is InChI=1S/C5H8BrN.ClH/c6-4-2-1-3-5(4)7;/h2,5H,1,3,7H2;1H. The molecule has 0 radical (unpaired) electrons. The van der Waals surface area contributed by atoms with Crippen LogP contribution in [0.1, 0.15) is 12.8 Å². The van der Waals surface area contributed by atoms with Crippen LogP contribution in [0.25, 0.3) is 0 Å². The lowest BCUT2D eigenvalue weighted by Crippen LogP contribution is -2.15. The van der Waals surface area contributed by atoms with Crippen LogP contribution in [0.4, 0.5) is 0 Å². The highest BCUT2D eigenvalue weighted by Crippen LogP contribution is 2.21. The highest BCUT2D eigenvalue weighted by Gasteiger charge is 2.09. The minimum absolute atomic E-state index is 0. The van der Waals surface area contributed by atoms with Gasteiger partial charge >= 0.3 is 0 Å². The van der Waals surface area contributed by atoms with E-state index >= 15 is 0 Å². The van der Waals surface area contributed by atoms with Gasteiger partial charge in [-0.2, -0.15) is 0 Å². The molecule has 1 rings (SSSR count). The van der Waals surface area contributed by atoms with Gasteiger partial charge in [0.05, 0.1) is 0 Å². The van der Waals surface area contributed by atoms with Crippen LogP contribution in [0.2, 0.25) is 0 Å². The topological polar surface area (TPSA) is 26.0 Å². The molecule has 0 spiro atoms. The Morgan fingerprint density at radius 1 is 1.75 bits per heavy atom. The van der Waals surface area contributed by atoms with Crippen LogP contribution in [0, 0.1) is 0 Å². The van der Waals surface area contributed by atoms with E-state index in [1.54, 1.807) is 0 Å². The normalized spacial score (nSPS) is 26.8. The summed E-state index contributed by atoms with van der Waals surface area (Å²) in [6.07, 6.45) is 4.38. The Morgan fingerprint density at radius 2 is 2.38 bits per heavy atom. The summed E-state index contributed by atoms with van der Waals surface area (Å²) >= 11 is 3.34. The number of allylic oxidation sites excluding steroid dienone is 1. The lowest BCUT2D eigenvalue weighted by molar-refractivity contribution is 0.775. The van der Waals surface area contributed by atoms with Gasteiger partial charge in [-0.25, -0.2) is 0 Å². The third kappa shape index (κ3) is 1.77. The van der Waals surface area contributed by atoms with E-state index in [0.29, 0.717) is 6.04 Å². The van der Waals surface area contributed by atoms with Gasteiger partial charge in [-0.05, 0) is 12.8 Å². The molecule has 0 heterocycles. The van der Waals surface area contributed by atoms with Gasteiger partial charge in [0.15, 0.2) is 0 Å². The summed E-state index contributed by atoms with van der Waals surface area (Å²) in [7, 11) is 0. The number of nitrogens with two attached hydrogens (primary N) is 1. The molecule has 1 aliphatic carbocycles. The molecule has 2 N–H and O–H groups in total. The second kappa shape index (κ2) is 3.49.